The first-order valence-corrected chi connectivity index (χ1v) is 16.2. The summed E-state index contributed by atoms with van der Waals surface area (Å²) in [5, 5.41) is 31.4. The van der Waals surface area contributed by atoms with Crippen molar-refractivity contribution in [3.8, 4) is 11.5 Å². The van der Waals surface area contributed by atoms with Crippen LogP contribution in [0, 0.1) is 20.3 Å². The third kappa shape index (κ3) is 5.75. The van der Waals surface area contributed by atoms with Crippen LogP contribution < -0.4 is 20.4 Å². The minimum absolute atomic E-state index is 0. The Labute approximate surface area is 303 Å². The van der Waals surface area contributed by atoms with Crippen molar-refractivity contribution < 1.29 is 40.1 Å². The minimum atomic E-state index is 0. The van der Waals surface area contributed by atoms with E-state index < -0.39 is 0 Å². The van der Waals surface area contributed by atoms with Crippen LogP contribution in [0.25, 0.3) is 43.9 Å². The molecule has 0 saturated heterocycles. The summed E-state index contributed by atoms with van der Waals surface area (Å²) in [6.07, 6.45) is 0. The number of benzene rings is 6. The van der Waals surface area contributed by atoms with Gasteiger partial charge in [-0.15, -0.1) is 0 Å². The summed E-state index contributed by atoms with van der Waals surface area (Å²) in [7, 11) is 0. The second-order valence-corrected chi connectivity index (χ2v) is 11.8. The number of phenols is 2. The zero-order valence-electron chi connectivity index (χ0n) is 27.3. The van der Waals surface area contributed by atoms with Crippen LogP contribution in [-0.2, 0) is 21.1 Å². The molecule has 0 aliphatic carbocycles. The summed E-state index contributed by atoms with van der Waals surface area (Å²) < 4.78 is 12.0. The SMILES string of the molecule is CCN([CH-]Nc1c(O)ccc2c1oc1ccccc12)c1ccccc1C.Oc1ccc2c(oc3ccccc32)c1N1[CH-]Nc2ccccc21.[Pt+2]. The number of fused-ring (bicyclic) bond motifs is 7. The minimum Gasteiger partial charge on any atom is -0.514 e. The van der Waals surface area contributed by atoms with E-state index in [0.717, 1.165) is 56.3 Å². The van der Waals surface area contributed by atoms with E-state index in [0.29, 0.717) is 22.5 Å². The molecule has 0 bridgehead atoms. The van der Waals surface area contributed by atoms with Crippen LogP contribution in [0.2, 0.25) is 0 Å². The summed E-state index contributed by atoms with van der Waals surface area (Å²) in [6.45, 7) is 8.70. The topological polar surface area (TPSA) is 97.3 Å². The van der Waals surface area contributed by atoms with Crippen LogP contribution in [0.5, 0.6) is 11.5 Å². The normalized spacial score (nSPS) is 12.0. The van der Waals surface area contributed by atoms with E-state index in [2.05, 4.69) is 41.5 Å². The van der Waals surface area contributed by atoms with Gasteiger partial charge in [-0.2, -0.15) is 13.3 Å². The number of anilines is 5. The Balaban J connectivity index is 0.000000155. The number of hydrogen-bond donors (Lipinski definition) is 4. The van der Waals surface area contributed by atoms with E-state index in [1.54, 1.807) is 12.1 Å². The number of aromatic hydroxyl groups is 2. The summed E-state index contributed by atoms with van der Waals surface area (Å²) >= 11 is 0. The number of nitrogens with one attached hydrogen (secondary N) is 2. The van der Waals surface area contributed by atoms with Crippen LogP contribution in [0.4, 0.5) is 28.4 Å². The van der Waals surface area contributed by atoms with Gasteiger partial charge in [0, 0.05) is 38.6 Å². The first-order valence-electron chi connectivity index (χ1n) is 16.2. The predicted molar refractivity (Wildman–Crippen MR) is 199 cm³/mol. The average molecular weight is 842 g/mol. The standard InChI is InChI=1S/C22H21N2O2.C19H13N2O2.Pt/c1-3-24(18-10-6-4-8-15(18)2)14-23-21-19(25)13-12-17-16-9-5-7-11-20(16)26-22(17)21;22-16-10-9-13-12-5-1-4-8-17(12)23-19(13)18(16)21-11-20-14-6-2-3-7-15(14)21;/h4-14,23,25H,3H2,1-2H3;1-11,20,22H;/q2*-1;+2. The second kappa shape index (κ2) is 13.7. The number of furan rings is 2. The predicted octanol–water partition coefficient (Wildman–Crippen LogP) is 10.6. The van der Waals surface area contributed by atoms with Gasteiger partial charge < -0.3 is 39.5 Å². The molecule has 0 spiro atoms. The molecule has 50 heavy (non-hydrogen) atoms. The van der Waals surface area contributed by atoms with Crippen molar-refractivity contribution >= 4 is 72.3 Å². The molecule has 0 atom stereocenters. The molecule has 9 rings (SSSR count). The third-order valence-electron chi connectivity index (χ3n) is 8.91. The fraction of sp³-hybridized carbons (Fsp3) is 0.0732. The molecular weight excluding hydrogens is 808 g/mol. The Bertz CT molecular complexity index is 2470. The van der Waals surface area contributed by atoms with Gasteiger partial charge >= 0.3 is 21.1 Å². The molecule has 8 nitrogen and oxygen atoms in total. The maximum atomic E-state index is 10.5. The fourth-order valence-electron chi connectivity index (χ4n) is 6.47. The van der Waals surface area contributed by atoms with Crippen LogP contribution in [-0.4, -0.2) is 16.8 Å². The molecule has 6 aromatic carbocycles. The van der Waals surface area contributed by atoms with Crippen molar-refractivity contribution in [3.63, 3.8) is 0 Å². The first-order chi connectivity index (χ1) is 24.0. The van der Waals surface area contributed by atoms with E-state index in [9.17, 15) is 10.2 Å². The smallest absolute Gasteiger partial charge is 0.514 e. The molecule has 2 aromatic heterocycles. The van der Waals surface area contributed by atoms with E-state index in [-0.39, 0.29) is 32.6 Å². The fourth-order valence-corrected chi connectivity index (χ4v) is 6.47. The van der Waals surface area contributed by atoms with Crippen molar-refractivity contribution in [1.29, 1.82) is 0 Å². The summed E-state index contributed by atoms with van der Waals surface area (Å²) in [5.74, 6) is 0.347. The van der Waals surface area contributed by atoms with Gasteiger partial charge in [0.05, 0.1) is 11.4 Å². The molecule has 252 valence electrons. The number of hydrogen-bond acceptors (Lipinski definition) is 8. The van der Waals surface area contributed by atoms with E-state index in [4.69, 9.17) is 8.83 Å². The molecule has 0 unspecified atom stereocenters. The average Bonchev–Trinajstić information content (AvgIpc) is 3.84. The Hall–Kier alpha value is -5.59. The number of phenolic OH excluding ortho intramolecular Hbond substituents is 2. The molecular formula is C41H34N4O4Pt. The van der Waals surface area contributed by atoms with Gasteiger partial charge in [0.15, 0.2) is 11.2 Å². The van der Waals surface area contributed by atoms with Crippen molar-refractivity contribution in [2.45, 2.75) is 13.8 Å². The summed E-state index contributed by atoms with van der Waals surface area (Å²) in [4.78, 5) is 4.03. The van der Waals surface area contributed by atoms with Gasteiger partial charge in [-0.3, -0.25) is 0 Å². The molecule has 8 aromatic rings. The van der Waals surface area contributed by atoms with E-state index in [1.165, 1.54) is 5.56 Å². The third-order valence-corrected chi connectivity index (χ3v) is 8.91. The molecule has 0 fully saturated rings. The van der Waals surface area contributed by atoms with Crippen LogP contribution in [0.1, 0.15) is 12.5 Å². The molecule has 1 aliphatic heterocycles. The molecule has 1 aliphatic rings. The van der Waals surface area contributed by atoms with Crippen molar-refractivity contribution in [1.82, 2.24) is 0 Å². The van der Waals surface area contributed by atoms with Gasteiger partial charge in [0.1, 0.15) is 22.7 Å². The molecule has 3 heterocycles. The number of nitrogens with zero attached hydrogens (tertiary/aromatic N) is 2. The maximum absolute atomic E-state index is 10.5. The van der Waals surface area contributed by atoms with Crippen molar-refractivity contribution in [2.75, 3.05) is 27.0 Å². The van der Waals surface area contributed by atoms with Gasteiger partial charge in [0.2, 0.25) is 0 Å². The van der Waals surface area contributed by atoms with Crippen molar-refractivity contribution in [2.24, 2.45) is 0 Å². The number of para-hydroxylation sites is 5. The van der Waals surface area contributed by atoms with Crippen LogP contribution >= 0.6 is 0 Å². The summed E-state index contributed by atoms with van der Waals surface area (Å²) in [6, 6.07) is 39.2. The zero-order valence-corrected chi connectivity index (χ0v) is 29.6. The van der Waals surface area contributed by atoms with E-state index >= 15 is 0 Å². The van der Waals surface area contributed by atoms with Crippen LogP contribution in [0.15, 0.2) is 130 Å². The number of rotatable bonds is 6. The largest absolute Gasteiger partial charge is 2.00 e. The first kappa shape index (κ1) is 32.9. The second-order valence-electron chi connectivity index (χ2n) is 11.8. The Morgan fingerprint density at radius 1 is 0.720 bits per heavy atom. The molecule has 4 N–H and O–H groups in total. The molecule has 0 radical (unpaired) electrons. The van der Waals surface area contributed by atoms with Gasteiger partial charge in [-0.05, 0) is 80.6 Å². The molecule has 0 saturated carbocycles. The Morgan fingerprint density at radius 3 is 2.04 bits per heavy atom. The van der Waals surface area contributed by atoms with Gasteiger partial charge in [0.25, 0.3) is 0 Å². The van der Waals surface area contributed by atoms with Gasteiger partial charge in [-0.25, -0.2) is 0 Å². The zero-order chi connectivity index (χ0) is 33.5. The monoisotopic (exact) mass is 841 g/mol. The maximum Gasteiger partial charge on any atom is 2.00 e. The van der Waals surface area contributed by atoms with Gasteiger partial charge in [-0.1, -0.05) is 66.7 Å². The molecule has 9 heteroatoms. The van der Waals surface area contributed by atoms with E-state index in [1.807, 2.05) is 115 Å². The molecule has 0 amide bonds. The van der Waals surface area contributed by atoms with Crippen molar-refractivity contribution in [3.05, 3.63) is 140 Å². The number of aryl methyl sites for hydroxylation is 1. The Morgan fingerprint density at radius 2 is 1.32 bits per heavy atom. The summed E-state index contributed by atoms with van der Waals surface area (Å²) in [5.41, 5.74) is 8.48. The quantitative estimate of drug-likeness (QED) is 0.0971. The van der Waals surface area contributed by atoms with Crippen LogP contribution in [0.3, 0.4) is 0 Å². The Kier molecular flexibility index (Phi) is 9.04.